The molecule has 5 nitrogen and oxygen atoms in total. The lowest BCUT2D eigenvalue weighted by Crippen LogP contribution is -2.22. The van der Waals surface area contributed by atoms with Crippen LogP contribution in [0.2, 0.25) is 0 Å². The molecule has 0 aliphatic carbocycles. The third-order valence-corrected chi connectivity index (χ3v) is 4.06. The number of aryl methyl sites for hydroxylation is 1. The highest BCUT2D eigenvalue weighted by Crippen LogP contribution is 2.15. The quantitative estimate of drug-likeness (QED) is 0.688. The highest BCUT2D eigenvalue weighted by atomic mass is 19.3. The van der Waals surface area contributed by atoms with Crippen LogP contribution in [-0.2, 0) is 13.1 Å². The summed E-state index contributed by atoms with van der Waals surface area (Å²) in [5.41, 5.74) is 2.45. The van der Waals surface area contributed by atoms with Crippen molar-refractivity contribution < 1.29 is 18.3 Å². The molecule has 0 saturated carbocycles. The molecule has 0 saturated heterocycles. The summed E-state index contributed by atoms with van der Waals surface area (Å²) in [5, 5.41) is 2.83. The van der Waals surface area contributed by atoms with Gasteiger partial charge in [-0.05, 0) is 42.3 Å². The predicted octanol–water partition coefficient (Wildman–Crippen LogP) is 3.77. The highest BCUT2D eigenvalue weighted by Gasteiger charge is 2.08. The molecule has 27 heavy (non-hydrogen) atoms. The Morgan fingerprint density at radius 1 is 1.19 bits per heavy atom. The molecule has 1 heterocycles. The Morgan fingerprint density at radius 2 is 1.93 bits per heavy atom. The normalized spacial score (nSPS) is 10.8. The number of amides is 1. The van der Waals surface area contributed by atoms with Crippen LogP contribution in [0, 0.1) is 6.92 Å². The Labute approximate surface area is 155 Å². The lowest BCUT2D eigenvalue weighted by molar-refractivity contribution is -0.0498. The molecule has 1 N–H and O–H groups in total. The van der Waals surface area contributed by atoms with Crippen molar-refractivity contribution in [2.45, 2.75) is 26.6 Å². The highest BCUT2D eigenvalue weighted by molar-refractivity contribution is 5.94. The molecule has 0 fully saturated rings. The first-order valence-electron chi connectivity index (χ1n) is 8.40. The molecule has 0 aliphatic rings. The van der Waals surface area contributed by atoms with Gasteiger partial charge in [0.25, 0.3) is 5.91 Å². The number of hydrogen-bond donors (Lipinski definition) is 1. The number of benzene rings is 2. The molecule has 0 atom stereocenters. The van der Waals surface area contributed by atoms with Crippen molar-refractivity contribution >= 4 is 5.91 Å². The summed E-state index contributed by atoms with van der Waals surface area (Å²) in [4.78, 5) is 16.4. The number of carbonyl (C=O) groups is 1. The van der Waals surface area contributed by atoms with Gasteiger partial charge in [0.05, 0.1) is 0 Å². The Morgan fingerprint density at radius 3 is 2.59 bits per heavy atom. The van der Waals surface area contributed by atoms with Crippen LogP contribution in [0.4, 0.5) is 8.78 Å². The van der Waals surface area contributed by atoms with Gasteiger partial charge < -0.3 is 14.6 Å². The van der Waals surface area contributed by atoms with Gasteiger partial charge in [0, 0.05) is 31.0 Å². The van der Waals surface area contributed by atoms with E-state index in [9.17, 15) is 13.6 Å². The number of halogens is 2. The van der Waals surface area contributed by atoms with E-state index in [4.69, 9.17) is 0 Å². The average molecular weight is 371 g/mol. The van der Waals surface area contributed by atoms with Crippen LogP contribution in [-0.4, -0.2) is 22.1 Å². The van der Waals surface area contributed by atoms with Gasteiger partial charge in [-0.15, -0.1) is 0 Å². The molecule has 140 valence electrons. The van der Waals surface area contributed by atoms with E-state index in [0.29, 0.717) is 18.7 Å². The van der Waals surface area contributed by atoms with Crippen LogP contribution < -0.4 is 10.1 Å². The average Bonchev–Trinajstić information content (AvgIpc) is 3.05. The molecule has 0 aliphatic heterocycles. The van der Waals surface area contributed by atoms with E-state index >= 15 is 0 Å². The van der Waals surface area contributed by atoms with Gasteiger partial charge in [0.15, 0.2) is 0 Å². The summed E-state index contributed by atoms with van der Waals surface area (Å²) >= 11 is 0. The third-order valence-electron chi connectivity index (χ3n) is 4.06. The van der Waals surface area contributed by atoms with E-state index in [0.717, 1.165) is 17.0 Å². The summed E-state index contributed by atoms with van der Waals surface area (Å²) in [6.07, 6.45) is 3.68. The zero-order valence-corrected chi connectivity index (χ0v) is 14.7. The largest absolute Gasteiger partial charge is 0.435 e. The molecule has 1 aromatic heterocycles. The summed E-state index contributed by atoms with van der Waals surface area (Å²) in [6.45, 7) is 0.134. The van der Waals surface area contributed by atoms with E-state index in [1.165, 1.54) is 24.3 Å². The van der Waals surface area contributed by atoms with Crippen molar-refractivity contribution in [3.05, 3.63) is 83.4 Å². The molecule has 0 radical (unpaired) electrons. The molecule has 2 aromatic carbocycles. The van der Waals surface area contributed by atoms with Gasteiger partial charge in [0.2, 0.25) is 0 Å². The van der Waals surface area contributed by atoms with Crippen LogP contribution >= 0.6 is 0 Å². The number of rotatable bonds is 7. The van der Waals surface area contributed by atoms with E-state index in [1.807, 2.05) is 42.0 Å². The monoisotopic (exact) mass is 371 g/mol. The lowest BCUT2D eigenvalue weighted by atomic mass is 10.1. The van der Waals surface area contributed by atoms with Crippen molar-refractivity contribution in [1.82, 2.24) is 14.9 Å². The number of aromatic nitrogens is 2. The number of imidazole rings is 1. The maximum atomic E-state index is 12.2. The number of alkyl halides is 2. The number of nitrogens with one attached hydrogen (secondary N) is 1. The Hall–Kier alpha value is -3.22. The molecule has 3 aromatic rings. The second-order valence-corrected chi connectivity index (χ2v) is 6.01. The first-order chi connectivity index (χ1) is 13.0. The third kappa shape index (κ3) is 5.13. The smallest absolute Gasteiger partial charge is 0.387 e. The molecule has 7 heteroatoms. The zero-order valence-electron chi connectivity index (χ0n) is 14.7. The van der Waals surface area contributed by atoms with Gasteiger partial charge in [-0.2, -0.15) is 8.78 Å². The Balaban J connectivity index is 1.58. The van der Waals surface area contributed by atoms with E-state index in [2.05, 4.69) is 15.0 Å². The first kappa shape index (κ1) is 18.6. The summed E-state index contributed by atoms with van der Waals surface area (Å²) in [7, 11) is 0. The van der Waals surface area contributed by atoms with E-state index in [1.54, 1.807) is 6.20 Å². The van der Waals surface area contributed by atoms with Crippen LogP contribution in [0.25, 0.3) is 0 Å². The maximum absolute atomic E-state index is 12.2. The standard InChI is InChI=1S/C20H19F2N3O2/c1-14-23-9-10-25(14)13-16-4-2-3-15(11-16)12-24-19(26)17-5-7-18(8-6-17)27-20(21)22/h2-11,20H,12-13H2,1H3,(H,24,26). The fourth-order valence-electron chi connectivity index (χ4n) is 2.68. The molecule has 3 rings (SSSR count). The first-order valence-corrected chi connectivity index (χ1v) is 8.40. The van der Waals surface area contributed by atoms with Gasteiger partial charge in [-0.3, -0.25) is 4.79 Å². The van der Waals surface area contributed by atoms with Crippen molar-refractivity contribution in [3.8, 4) is 5.75 Å². The minimum atomic E-state index is -2.89. The number of hydrogen-bond acceptors (Lipinski definition) is 3. The fraction of sp³-hybridized carbons (Fsp3) is 0.200. The van der Waals surface area contributed by atoms with Gasteiger partial charge >= 0.3 is 6.61 Å². The number of nitrogens with zero attached hydrogens (tertiary/aromatic N) is 2. The topological polar surface area (TPSA) is 56.2 Å². The lowest BCUT2D eigenvalue weighted by Gasteiger charge is -2.09. The predicted molar refractivity (Wildman–Crippen MR) is 96.8 cm³/mol. The van der Waals surface area contributed by atoms with Crippen LogP contribution in [0.5, 0.6) is 5.75 Å². The van der Waals surface area contributed by atoms with Crippen LogP contribution in [0.3, 0.4) is 0 Å². The van der Waals surface area contributed by atoms with Crippen molar-refractivity contribution in [2.75, 3.05) is 0 Å². The van der Waals surface area contributed by atoms with Crippen molar-refractivity contribution in [1.29, 1.82) is 0 Å². The Bertz CT molecular complexity index is 908. The number of ether oxygens (including phenoxy) is 1. The molecule has 0 spiro atoms. The van der Waals surface area contributed by atoms with Crippen molar-refractivity contribution in [2.24, 2.45) is 0 Å². The molecule has 0 unspecified atom stereocenters. The molecule has 0 bridgehead atoms. The second kappa shape index (κ2) is 8.44. The summed E-state index contributed by atoms with van der Waals surface area (Å²) in [5.74, 6) is 0.673. The molecular formula is C20H19F2N3O2. The maximum Gasteiger partial charge on any atom is 0.387 e. The van der Waals surface area contributed by atoms with Gasteiger partial charge in [-0.25, -0.2) is 4.98 Å². The molecule has 1 amide bonds. The number of carbonyl (C=O) groups excluding carboxylic acids is 1. The van der Waals surface area contributed by atoms with E-state index in [-0.39, 0.29) is 11.7 Å². The second-order valence-electron chi connectivity index (χ2n) is 6.01. The van der Waals surface area contributed by atoms with Crippen molar-refractivity contribution in [3.63, 3.8) is 0 Å². The van der Waals surface area contributed by atoms with Crippen LogP contribution in [0.1, 0.15) is 27.3 Å². The van der Waals surface area contributed by atoms with Gasteiger partial charge in [-0.1, -0.05) is 24.3 Å². The molecular weight excluding hydrogens is 352 g/mol. The van der Waals surface area contributed by atoms with Gasteiger partial charge in [0.1, 0.15) is 11.6 Å². The zero-order chi connectivity index (χ0) is 19.2. The SMILES string of the molecule is Cc1nccn1Cc1cccc(CNC(=O)c2ccc(OC(F)F)cc2)c1. The van der Waals surface area contributed by atoms with Crippen LogP contribution in [0.15, 0.2) is 60.9 Å². The minimum absolute atomic E-state index is 0.0176. The Kier molecular flexibility index (Phi) is 5.80. The summed E-state index contributed by atoms with van der Waals surface area (Å²) < 4.78 is 30.6. The van der Waals surface area contributed by atoms with E-state index < -0.39 is 6.61 Å². The fourth-order valence-corrected chi connectivity index (χ4v) is 2.68. The minimum Gasteiger partial charge on any atom is -0.435 e. The summed E-state index contributed by atoms with van der Waals surface area (Å²) in [6, 6.07) is 13.5.